The maximum absolute atomic E-state index is 13.4. The van der Waals surface area contributed by atoms with E-state index in [0.29, 0.717) is 11.5 Å². The standard InChI is InChI=1S/C11H13BrFNO/c12-8-5-4-7(11(15)9(8)13)10(14)6-2-1-3-6/h4-6,10,15H,1-3,14H2/t10-/m1/s1. The maximum atomic E-state index is 13.4. The zero-order valence-corrected chi connectivity index (χ0v) is 9.80. The molecule has 2 nitrogen and oxygen atoms in total. The first kappa shape index (κ1) is 10.9. The smallest absolute Gasteiger partial charge is 0.179 e. The Morgan fingerprint density at radius 1 is 1.47 bits per heavy atom. The Labute approximate surface area is 96.4 Å². The van der Waals surface area contributed by atoms with Crippen LogP contribution in [-0.2, 0) is 0 Å². The lowest BCUT2D eigenvalue weighted by Gasteiger charge is -2.31. The molecule has 3 N–H and O–H groups in total. The third-order valence-corrected chi connectivity index (χ3v) is 3.73. The number of aromatic hydroxyl groups is 1. The Kier molecular flexibility index (Phi) is 2.98. The van der Waals surface area contributed by atoms with Crippen LogP contribution in [0.5, 0.6) is 5.75 Å². The highest BCUT2D eigenvalue weighted by molar-refractivity contribution is 9.10. The Morgan fingerprint density at radius 2 is 2.13 bits per heavy atom. The fourth-order valence-electron chi connectivity index (χ4n) is 1.88. The van der Waals surface area contributed by atoms with Crippen molar-refractivity contribution < 1.29 is 9.50 Å². The van der Waals surface area contributed by atoms with E-state index in [1.807, 2.05) is 0 Å². The van der Waals surface area contributed by atoms with E-state index < -0.39 is 5.82 Å². The van der Waals surface area contributed by atoms with Gasteiger partial charge in [0, 0.05) is 11.6 Å². The summed E-state index contributed by atoms with van der Waals surface area (Å²) in [6.45, 7) is 0. The summed E-state index contributed by atoms with van der Waals surface area (Å²) in [5.74, 6) is -0.553. The molecule has 15 heavy (non-hydrogen) atoms. The Balaban J connectivity index is 2.31. The summed E-state index contributed by atoms with van der Waals surface area (Å²) < 4.78 is 13.7. The van der Waals surface area contributed by atoms with Crippen molar-refractivity contribution in [2.24, 2.45) is 11.7 Å². The van der Waals surface area contributed by atoms with E-state index in [0.717, 1.165) is 12.8 Å². The number of phenolic OH excluding ortho intramolecular Hbond substituents is 1. The van der Waals surface area contributed by atoms with Gasteiger partial charge in [0.15, 0.2) is 11.6 Å². The van der Waals surface area contributed by atoms with Gasteiger partial charge >= 0.3 is 0 Å². The van der Waals surface area contributed by atoms with Gasteiger partial charge in [0.2, 0.25) is 0 Å². The number of benzene rings is 1. The maximum Gasteiger partial charge on any atom is 0.179 e. The van der Waals surface area contributed by atoms with Gasteiger partial charge in [-0.3, -0.25) is 0 Å². The Morgan fingerprint density at radius 3 is 2.67 bits per heavy atom. The lowest BCUT2D eigenvalue weighted by Crippen LogP contribution is -2.27. The van der Waals surface area contributed by atoms with Crippen LogP contribution in [0.3, 0.4) is 0 Å². The van der Waals surface area contributed by atoms with Gasteiger partial charge in [0.1, 0.15) is 0 Å². The van der Waals surface area contributed by atoms with Gasteiger partial charge in [-0.15, -0.1) is 0 Å². The largest absolute Gasteiger partial charge is 0.505 e. The molecule has 0 aliphatic heterocycles. The van der Waals surface area contributed by atoms with Crippen LogP contribution in [0.25, 0.3) is 0 Å². The minimum absolute atomic E-state index is 0.249. The molecule has 0 radical (unpaired) electrons. The predicted octanol–water partition coefficient (Wildman–Crippen LogP) is 3.09. The van der Waals surface area contributed by atoms with Gasteiger partial charge in [-0.2, -0.15) is 0 Å². The van der Waals surface area contributed by atoms with Crippen LogP contribution in [0.15, 0.2) is 16.6 Å². The first-order valence-electron chi connectivity index (χ1n) is 5.03. The lowest BCUT2D eigenvalue weighted by atomic mass is 9.77. The van der Waals surface area contributed by atoms with E-state index in [4.69, 9.17) is 5.73 Å². The number of rotatable bonds is 2. The number of hydrogen-bond acceptors (Lipinski definition) is 2. The van der Waals surface area contributed by atoms with Crippen molar-refractivity contribution in [1.29, 1.82) is 0 Å². The molecule has 82 valence electrons. The molecule has 2 rings (SSSR count). The number of halogens is 2. The van der Waals surface area contributed by atoms with Gasteiger partial charge in [0.05, 0.1) is 4.47 Å². The van der Waals surface area contributed by atoms with E-state index in [-0.39, 0.29) is 16.3 Å². The average Bonchev–Trinajstić information content (AvgIpc) is 2.11. The van der Waals surface area contributed by atoms with Crippen LogP contribution in [0.4, 0.5) is 4.39 Å². The molecule has 4 heteroatoms. The third kappa shape index (κ3) is 1.88. The number of nitrogens with two attached hydrogens (primary N) is 1. The Bertz CT molecular complexity index is 379. The molecule has 1 aromatic rings. The molecule has 0 aromatic heterocycles. The number of hydrogen-bond donors (Lipinski definition) is 2. The van der Waals surface area contributed by atoms with E-state index in [1.54, 1.807) is 12.1 Å². The van der Waals surface area contributed by atoms with Crippen molar-refractivity contribution in [3.05, 3.63) is 28.0 Å². The molecular weight excluding hydrogens is 261 g/mol. The van der Waals surface area contributed by atoms with Crippen molar-refractivity contribution in [2.75, 3.05) is 0 Å². The van der Waals surface area contributed by atoms with E-state index in [2.05, 4.69) is 15.9 Å². The summed E-state index contributed by atoms with van der Waals surface area (Å²) in [4.78, 5) is 0. The van der Waals surface area contributed by atoms with Crippen LogP contribution in [0.2, 0.25) is 0 Å². The molecule has 0 spiro atoms. The molecular formula is C11H13BrFNO. The number of phenols is 1. The molecule has 0 saturated heterocycles. The molecule has 1 aliphatic rings. The fourth-order valence-corrected chi connectivity index (χ4v) is 2.20. The zero-order chi connectivity index (χ0) is 11.0. The summed E-state index contributed by atoms with van der Waals surface area (Å²) in [6, 6.07) is 3.02. The summed E-state index contributed by atoms with van der Waals surface area (Å²) in [5.41, 5.74) is 6.49. The molecule has 0 heterocycles. The predicted molar refractivity (Wildman–Crippen MR) is 60.0 cm³/mol. The first-order valence-corrected chi connectivity index (χ1v) is 5.83. The third-order valence-electron chi connectivity index (χ3n) is 3.12. The van der Waals surface area contributed by atoms with Gasteiger partial charge in [0.25, 0.3) is 0 Å². The van der Waals surface area contributed by atoms with E-state index in [1.165, 1.54) is 6.42 Å². The minimum Gasteiger partial charge on any atom is -0.505 e. The van der Waals surface area contributed by atoms with Gasteiger partial charge in [-0.25, -0.2) is 4.39 Å². The van der Waals surface area contributed by atoms with Gasteiger partial charge in [-0.05, 0) is 40.8 Å². The van der Waals surface area contributed by atoms with E-state index >= 15 is 0 Å². The summed E-state index contributed by atoms with van der Waals surface area (Å²) in [5, 5.41) is 9.63. The SMILES string of the molecule is N[C@@H](c1ccc(Br)c(F)c1O)C1CCC1. The van der Waals surface area contributed by atoms with Crippen LogP contribution < -0.4 is 5.73 Å². The molecule has 1 atom stereocenters. The van der Waals surface area contributed by atoms with E-state index in [9.17, 15) is 9.50 Å². The second-order valence-electron chi connectivity index (χ2n) is 4.02. The first-order chi connectivity index (χ1) is 7.11. The fraction of sp³-hybridized carbons (Fsp3) is 0.455. The topological polar surface area (TPSA) is 46.2 Å². The highest BCUT2D eigenvalue weighted by atomic mass is 79.9. The lowest BCUT2D eigenvalue weighted by molar-refractivity contribution is 0.259. The molecule has 0 unspecified atom stereocenters. The average molecular weight is 274 g/mol. The highest BCUT2D eigenvalue weighted by Gasteiger charge is 2.28. The molecule has 1 saturated carbocycles. The second-order valence-corrected chi connectivity index (χ2v) is 4.87. The normalized spacial score (nSPS) is 18.6. The molecule has 1 fully saturated rings. The minimum atomic E-state index is -0.623. The van der Waals surface area contributed by atoms with Crippen molar-refractivity contribution in [2.45, 2.75) is 25.3 Å². The van der Waals surface area contributed by atoms with Crippen LogP contribution in [-0.4, -0.2) is 5.11 Å². The summed E-state index contributed by atoms with van der Waals surface area (Å²) in [6.07, 6.45) is 3.31. The summed E-state index contributed by atoms with van der Waals surface area (Å²) in [7, 11) is 0. The van der Waals surface area contributed by atoms with Crippen molar-refractivity contribution in [3.63, 3.8) is 0 Å². The van der Waals surface area contributed by atoms with Crippen LogP contribution in [0.1, 0.15) is 30.9 Å². The monoisotopic (exact) mass is 273 g/mol. The summed E-state index contributed by atoms with van der Waals surface area (Å²) >= 11 is 3.02. The highest BCUT2D eigenvalue weighted by Crippen LogP contribution is 2.40. The van der Waals surface area contributed by atoms with Gasteiger partial charge in [-0.1, -0.05) is 12.5 Å². The van der Waals surface area contributed by atoms with Crippen molar-refractivity contribution in [3.8, 4) is 5.75 Å². The van der Waals surface area contributed by atoms with Crippen molar-refractivity contribution in [1.82, 2.24) is 0 Å². The molecule has 0 amide bonds. The molecule has 1 aliphatic carbocycles. The molecule has 1 aromatic carbocycles. The quantitative estimate of drug-likeness (QED) is 0.870. The molecule has 0 bridgehead atoms. The van der Waals surface area contributed by atoms with Crippen LogP contribution >= 0.6 is 15.9 Å². The van der Waals surface area contributed by atoms with Crippen molar-refractivity contribution >= 4 is 15.9 Å². The Hall–Kier alpha value is -0.610. The van der Waals surface area contributed by atoms with Crippen LogP contribution in [0, 0.1) is 11.7 Å². The second kappa shape index (κ2) is 4.10. The zero-order valence-electron chi connectivity index (χ0n) is 8.21. The van der Waals surface area contributed by atoms with Gasteiger partial charge < -0.3 is 10.8 Å².